The molecule has 0 aromatic carbocycles. The molecule has 5 heteroatoms. The zero-order valence-corrected chi connectivity index (χ0v) is 8.53. The number of nitrogens with zero attached hydrogens (tertiary/aromatic N) is 2. The molecule has 0 aliphatic rings. The number of aromatic nitrogens is 1. The lowest BCUT2D eigenvalue weighted by Crippen LogP contribution is -2.32. The van der Waals surface area contributed by atoms with E-state index in [0.29, 0.717) is 5.82 Å². The van der Waals surface area contributed by atoms with Gasteiger partial charge in [0.15, 0.2) is 0 Å². The van der Waals surface area contributed by atoms with Crippen LogP contribution >= 0.6 is 0 Å². The summed E-state index contributed by atoms with van der Waals surface area (Å²) in [5, 5.41) is 8.79. The Morgan fingerprint density at radius 1 is 1.53 bits per heavy atom. The van der Waals surface area contributed by atoms with Crippen molar-refractivity contribution in [2.75, 3.05) is 24.6 Å². The second-order valence-electron chi connectivity index (χ2n) is 3.20. The monoisotopic (exact) mass is 216 g/mol. The second-order valence-corrected chi connectivity index (χ2v) is 3.20. The second kappa shape index (κ2) is 5.60. The average molecular weight is 216 g/mol. The van der Waals surface area contributed by atoms with Crippen molar-refractivity contribution in [1.29, 1.82) is 0 Å². The van der Waals surface area contributed by atoms with Crippen molar-refractivity contribution in [1.82, 2.24) is 4.98 Å². The maximum absolute atomic E-state index is 12.3. The number of rotatable bonds is 5. The van der Waals surface area contributed by atoms with Gasteiger partial charge in [0.2, 0.25) is 0 Å². The molecule has 0 radical (unpaired) electrons. The van der Waals surface area contributed by atoms with Gasteiger partial charge in [0, 0.05) is 12.7 Å². The van der Waals surface area contributed by atoms with Crippen LogP contribution in [0.5, 0.6) is 0 Å². The third-order valence-corrected chi connectivity index (χ3v) is 2.01. The van der Waals surface area contributed by atoms with E-state index >= 15 is 0 Å². The molecule has 0 spiro atoms. The molecule has 1 heterocycles. The van der Waals surface area contributed by atoms with Crippen LogP contribution in [0.3, 0.4) is 0 Å². The maximum atomic E-state index is 12.3. The first kappa shape index (κ1) is 11.8. The molecule has 1 aromatic rings. The van der Waals surface area contributed by atoms with E-state index < -0.39 is 13.0 Å². The molecule has 1 N–H and O–H groups in total. The molecule has 0 aliphatic heterocycles. The van der Waals surface area contributed by atoms with Crippen molar-refractivity contribution in [3.05, 3.63) is 23.9 Å². The molecule has 15 heavy (non-hydrogen) atoms. The normalized spacial score (nSPS) is 10.7. The summed E-state index contributed by atoms with van der Waals surface area (Å²) in [6.45, 7) is 1.40. The van der Waals surface area contributed by atoms with E-state index in [1.54, 1.807) is 25.3 Å². The third-order valence-electron chi connectivity index (χ3n) is 2.01. The van der Waals surface area contributed by atoms with Gasteiger partial charge < -0.3 is 10.0 Å². The maximum Gasteiger partial charge on any atom is 0.255 e. The highest BCUT2D eigenvalue weighted by Gasteiger charge is 2.14. The molecule has 3 nitrogen and oxygen atoms in total. The Morgan fingerprint density at radius 3 is 2.80 bits per heavy atom. The number of anilines is 1. The average Bonchev–Trinajstić information content (AvgIpc) is 2.17. The Morgan fingerprint density at radius 2 is 2.27 bits per heavy atom. The molecule has 0 unspecified atom stereocenters. The Hall–Kier alpha value is -1.23. The van der Waals surface area contributed by atoms with E-state index in [1.807, 2.05) is 0 Å². The van der Waals surface area contributed by atoms with Crippen LogP contribution in [0.15, 0.2) is 18.3 Å². The van der Waals surface area contributed by atoms with Gasteiger partial charge in [-0.25, -0.2) is 13.8 Å². The van der Waals surface area contributed by atoms with Gasteiger partial charge in [-0.05, 0) is 18.6 Å². The van der Waals surface area contributed by atoms with E-state index in [2.05, 4.69) is 4.98 Å². The predicted octanol–water partition coefficient (Wildman–Crippen LogP) is 1.45. The van der Waals surface area contributed by atoms with Crippen LogP contribution in [-0.2, 0) is 0 Å². The SMILES string of the molecule is Cc1cccnc1N(CCO)CC(F)F. The fourth-order valence-corrected chi connectivity index (χ4v) is 1.38. The predicted molar refractivity (Wildman–Crippen MR) is 54.3 cm³/mol. The summed E-state index contributed by atoms with van der Waals surface area (Å²) in [5.41, 5.74) is 0.826. The van der Waals surface area contributed by atoms with Gasteiger partial charge >= 0.3 is 0 Å². The van der Waals surface area contributed by atoms with Crippen molar-refractivity contribution < 1.29 is 13.9 Å². The van der Waals surface area contributed by atoms with Gasteiger partial charge in [-0.1, -0.05) is 6.07 Å². The van der Waals surface area contributed by atoms with Gasteiger partial charge in [-0.3, -0.25) is 0 Å². The van der Waals surface area contributed by atoms with Crippen LogP contribution in [0.25, 0.3) is 0 Å². The van der Waals surface area contributed by atoms with Gasteiger partial charge in [0.25, 0.3) is 6.43 Å². The Bertz CT molecular complexity index is 307. The summed E-state index contributed by atoms with van der Waals surface area (Å²) in [4.78, 5) is 5.42. The molecule has 0 amide bonds. The number of alkyl halides is 2. The number of hydrogen-bond acceptors (Lipinski definition) is 3. The van der Waals surface area contributed by atoms with Crippen LogP contribution in [0, 0.1) is 6.92 Å². The summed E-state index contributed by atoms with van der Waals surface area (Å²) in [6.07, 6.45) is -0.879. The van der Waals surface area contributed by atoms with Crippen molar-refractivity contribution in [2.45, 2.75) is 13.3 Å². The lowest BCUT2D eigenvalue weighted by molar-refractivity contribution is 0.152. The quantitative estimate of drug-likeness (QED) is 0.809. The molecular weight excluding hydrogens is 202 g/mol. The largest absolute Gasteiger partial charge is 0.395 e. The fraction of sp³-hybridized carbons (Fsp3) is 0.500. The summed E-state index contributed by atoms with van der Waals surface area (Å²) >= 11 is 0. The summed E-state index contributed by atoms with van der Waals surface area (Å²) in [6, 6.07) is 3.55. The molecule has 0 saturated carbocycles. The van der Waals surface area contributed by atoms with Crippen molar-refractivity contribution in [3.63, 3.8) is 0 Å². The minimum Gasteiger partial charge on any atom is -0.395 e. The van der Waals surface area contributed by atoms with Gasteiger partial charge in [0.1, 0.15) is 5.82 Å². The number of aliphatic hydroxyl groups is 1. The lowest BCUT2D eigenvalue weighted by Gasteiger charge is -2.23. The van der Waals surface area contributed by atoms with Crippen LogP contribution in [0.4, 0.5) is 14.6 Å². The van der Waals surface area contributed by atoms with E-state index in [9.17, 15) is 8.78 Å². The lowest BCUT2D eigenvalue weighted by atomic mass is 10.2. The van der Waals surface area contributed by atoms with Crippen molar-refractivity contribution in [2.24, 2.45) is 0 Å². The molecule has 84 valence electrons. The Balaban J connectivity index is 2.83. The molecule has 1 aromatic heterocycles. The zero-order valence-electron chi connectivity index (χ0n) is 8.53. The van der Waals surface area contributed by atoms with Gasteiger partial charge in [-0.15, -0.1) is 0 Å². The number of aryl methyl sites for hydroxylation is 1. The molecule has 0 fully saturated rings. The highest BCUT2D eigenvalue weighted by Crippen LogP contribution is 2.16. The summed E-state index contributed by atoms with van der Waals surface area (Å²) < 4.78 is 24.5. The van der Waals surface area contributed by atoms with Crippen LogP contribution in [-0.4, -0.2) is 36.2 Å². The van der Waals surface area contributed by atoms with E-state index in [4.69, 9.17) is 5.11 Å². The fourth-order valence-electron chi connectivity index (χ4n) is 1.38. The number of halogens is 2. The first-order valence-electron chi connectivity index (χ1n) is 4.70. The van der Waals surface area contributed by atoms with Crippen molar-refractivity contribution in [3.8, 4) is 0 Å². The molecule has 0 bridgehead atoms. The highest BCUT2D eigenvalue weighted by atomic mass is 19.3. The number of pyridine rings is 1. The standard InChI is InChI=1S/C10H14F2N2O/c1-8-3-2-4-13-10(8)14(5-6-15)7-9(11)12/h2-4,9,15H,5-7H2,1H3. The Labute approximate surface area is 87.4 Å². The first-order valence-corrected chi connectivity index (χ1v) is 4.70. The molecule has 1 rings (SSSR count). The van der Waals surface area contributed by atoms with Crippen LogP contribution in [0.2, 0.25) is 0 Å². The first-order chi connectivity index (χ1) is 7.15. The topological polar surface area (TPSA) is 36.4 Å². The smallest absolute Gasteiger partial charge is 0.255 e. The van der Waals surface area contributed by atoms with Crippen LogP contribution in [0.1, 0.15) is 5.56 Å². The third kappa shape index (κ3) is 3.43. The minimum atomic E-state index is -2.43. The molecular formula is C10H14F2N2O. The van der Waals surface area contributed by atoms with Crippen molar-refractivity contribution >= 4 is 5.82 Å². The van der Waals surface area contributed by atoms with Gasteiger partial charge in [-0.2, -0.15) is 0 Å². The highest BCUT2D eigenvalue weighted by molar-refractivity contribution is 5.45. The molecule has 0 aliphatic carbocycles. The summed E-state index contributed by atoms with van der Waals surface area (Å²) in [5.74, 6) is 0.506. The van der Waals surface area contributed by atoms with E-state index in [1.165, 1.54) is 4.90 Å². The number of aliphatic hydroxyl groups excluding tert-OH is 1. The molecule has 0 atom stereocenters. The zero-order chi connectivity index (χ0) is 11.3. The summed E-state index contributed by atoms with van der Waals surface area (Å²) in [7, 11) is 0. The van der Waals surface area contributed by atoms with Gasteiger partial charge in [0.05, 0.1) is 13.2 Å². The van der Waals surface area contributed by atoms with Crippen LogP contribution < -0.4 is 4.90 Å². The van der Waals surface area contributed by atoms with E-state index in [-0.39, 0.29) is 13.2 Å². The minimum absolute atomic E-state index is 0.164. The Kier molecular flexibility index (Phi) is 4.42. The molecule has 0 saturated heterocycles. The van der Waals surface area contributed by atoms with E-state index in [0.717, 1.165) is 5.56 Å². The number of hydrogen-bond donors (Lipinski definition) is 1.